The SMILES string of the molecule is C=CCCCCC(C)(NC)NC. The molecule has 0 rings (SSSR count). The van der Waals surface area contributed by atoms with Crippen molar-refractivity contribution in [3.8, 4) is 0 Å². The fourth-order valence-electron chi connectivity index (χ4n) is 1.14. The quantitative estimate of drug-likeness (QED) is 0.346. The van der Waals surface area contributed by atoms with Crippen molar-refractivity contribution in [3.05, 3.63) is 12.7 Å². The van der Waals surface area contributed by atoms with Crippen LogP contribution in [0.2, 0.25) is 0 Å². The van der Waals surface area contributed by atoms with E-state index in [1.54, 1.807) is 0 Å². The fraction of sp³-hybridized carbons (Fsp3) is 0.800. The Morgan fingerprint density at radius 2 is 1.83 bits per heavy atom. The Morgan fingerprint density at radius 3 is 2.25 bits per heavy atom. The summed E-state index contributed by atoms with van der Waals surface area (Å²) in [6.45, 7) is 5.89. The van der Waals surface area contributed by atoms with E-state index in [2.05, 4.69) is 24.1 Å². The van der Waals surface area contributed by atoms with Gasteiger partial charge in [0.05, 0.1) is 5.66 Å². The van der Waals surface area contributed by atoms with Crippen molar-refractivity contribution in [2.75, 3.05) is 14.1 Å². The molecule has 0 aliphatic heterocycles. The van der Waals surface area contributed by atoms with Crippen molar-refractivity contribution in [2.45, 2.75) is 38.3 Å². The van der Waals surface area contributed by atoms with Gasteiger partial charge in [-0.1, -0.05) is 6.08 Å². The van der Waals surface area contributed by atoms with Crippen LogP contribution in [0.3, 0.4) is 0 Å². The summed E-state index contributed by atoms with van der Waals surface area (Å²) in [5.74, 6) is 0. The zero-order valence-corrected chi connectivity index (χ0v) is 8.61. The second-order valence-electron chi connectivity index (χ2n) is 3.37. The predicted octanol–water partition coefficient (Wildman–Crippen LogP) is 1.89. The van der Waals surface area contributed by atoms with Crippen molar-refractivity contribution in [3.63, 3.8) is 0 Å². The average molecular weight is 170 g/mol. The van der Waals surface area contributed by atoms with Crippen LogP contribution in [0.1, 0.15) is 32.6 Å². The van der Waals surface area contributed by atoms with Gasteiger partial charge in [-0.05, 0) is 46.7 Å². The lowest BCUT2D eigenvalue weighted by atomic mass is 10.0. The van der Waals surface area contributed by atoms with Crippen LogP contribution >= 0.6 is 0 Å². The molecule has 0 aliphatic carbocycles. The van der Waals surface area contributed by atoms with Crippen LogP contribution in [0.5, 0.6) is 0 Å². The monoisotopic (exact) mass is 170 g/mol. The summed E-state index contributed by atoms with van der Waals surface area (Å²) >= 11 is 0. The first kappa shape index (κ1) is 11.7. The van der Waals surface area contributed by atoms with E-state index in [9.17, 15) is 0 Å². The Hall–Kier alpha value is -0.340. The third-order valence-electron chi connectivity index (χ3n) is 2.44. The molecule has 2 N–H and O–H groups in total. The van der Waals surface area contributed by atoms with Gasteiger partial charge in [0, 0.05) is 0 Å². The zero-order valence-electron chi connectivity index (χ0n) is 8.61. The number of unbranched alkanes of at least 4 members (excludes halogenated alkanes) is 2. The molecule has 0 heterocycles. The Balaban J connectivity index is 3.51. The summed E-state index contributed by atoms with van der Waals surface area (Å²) in [5.41, 5.74) is 0.0984. The lowest BCUT2D eigenvalue weighted by molar-refractivity contribution is 0.294. The number of rotatable bonds is 7. The average Bonchev–Trinajstić information content (AvgIpc) is 2.12. The molecule has 0 atom stereocenters. The maximum Gasteiger partial charge on any atom is 0.0653 e. The summed E-state index contributed by atoms with van der Waals surface area (Å²) in [6.07, 6.45) is 6.75. The minimum atomic E-state index is 0.0984. The largest absolute Gasteiger partial charge is 0.303 e. The molecule has 0 aromatic rings. The molecule has 0 bridgehead atoms. The lowest BCUT2D eigenvalue weighted by Gasteiger charge is -2.28. The van der Waals surface area contributed by atoms with Crippen molar-refractivity contribution in [2.24, 2.45) is 0 Å². The lowest BCUT2D eigenvalue weighted by Crippen LogP contribution is -2.50. The van der Waals surface area contributed by atoms with Crippen molar-refractivity contribution < 1.29 is 0 Å². The number of hydrogen-bond acceptors (Lipinski definition) is 2. The third-order valence-corrected chi connectivity index (χ3v) is 2.44. The van der Waals surface area contributed by atoms with E-state index in [1.807, 2.05) is 20.2 Å². The molecule has 0 unspecified atom stereocenters. The van der Waals surface area contributed by atoms with E-state index in [1.165, 1.54) is 12.8 Å². The maximum absolute atomic E-state index is 3.70. The summed E-state index contributed by atoms with van der Waals surface area (Å²) in [6, 6.07) is 0. The van der Waals surface area contributed by atoms with Crippen LogP contribution in [0.4, 0.5) is 0 Å². The summed E-state index contributed by atoms with van der Waals surface area (Å²) in [5, 5.41) is 6.54. The zero-order chi connectivity index (χ0) is 9.45. The molecule has 0 saturated heterocycles. The summed E-state index contributed by atoms with van der Waals surface area (Å²) in [7, 11) is 3.98. The highest BCUT2D eigenvalue weighted by Gasteiger charge is 2.17. The number of nitrogens with one attached hydrogen (secondary N) is 2. The van der Waals surface area contributed by atoms with Gasteiger partial charge in [0.1, 0.15) is 0 Å². The van der Waals surface area contributed by atoms with Gasteiger partial charge < -0.3 is 10.6 Å². The van der Waals surface area contributed by atoms with Crippen LogP contribution in [-0.2, 0) is 0 Å². The molecule has 0 radical (unpaired) electrons. The van der Waals surface area contributed by atoms with Crippen molar-refractivity contribution in [1.29, 1.82) is 0 Å². The molecule has 0 saturated carbocycles. The van der Waals surface area contributed by atoms with Crippen LogP contribution in [-0.4, -0.2) is 19.8 Å². The Bertz CT molecular complexity index is 117. The normalized spacial score (nSPS) is 11.6. The van der Waals surface area contributed by atoms with Gasteiger partial charge in [0.25, 0.3) is 0 Å². The van der Waals surface area contributed by atoms with E-state index in [0.29, 0.717) is 0 Å². The maximum atomic E-state index is 3.70. The molecule has 2 nitrogen and oxygen atoms in total. The van der Waals surface area contributed by atoms with Crippen molar-refractivity contribution in [1.82, 2.24) is 10.6 Å². The second kappa shape index (κ2) is 6.21. The third kappa shape index (κ3) is 4.52. The highest BCUT2D eigenvalue weighted by Crippen LogP contribution is 2.10. The summed E-state index contributed by atoms with van der Waals surface area (Å²) in [4.78, 5) is 0. The minimum absolute atomic E-state index is 0.0984. The molecule has 0 amide bonds. The molecule has 12 heavy (non-hydrogen) atoms. The van der Waals surface area contributed by atoms with Gasteiger partial charge in [0.15, 0.2) is 0 Å². The number of allylic oxidation sites excluding steroid dienone is 1. The van der Waals surface area contributed by atoms with Gasteiger partial charge in [0.2, 0.25) is 0 Å². The minimum Gasteiger partial charge on any atom is -0.303 e. The first-order valence-electron chi connectivity index (χ1n) is 4.67. The van der Waals surface area contributed by atoms with Crippen LogP contribution in [0.25, 0.3) is 0 Å². The standard InChI is InChI=1S/C10H22N2/c1-5-6-7-8-9-10(2,11-3)12-4/h5,11-12H,1,6-9H2,2-4H3. The predicted molar refractivity (Wildman–Crippen MR) is 55.2 cm³/mol. The highest BCUT2D eigenvalue weighted by atomic mass is 15.1. The van der Waals surface area contributed by atoms with Gasteiger partial charge in [-0.3, -0.25) is 0 Å². The smallest absolute Gasteiger partial charge is 0.0653 e. The topological polar surface area (TPSA) is 24.1 Å². The Kier molecular flexibility index (Phi) is 6.03. The summed E-state index contributed by atoms with van der Waals surface area (Å²) < 4.78 is 0. The van der Waals surface area contributed by atoms with E-state index in [4.69, 9.17) is 0 Å². The van der Waals surface area contributed by atoms with Gasteiger partial charge in [-0.2, -0.15) is 0 Å². The first-order valence-corrected chi connectivity index (χ1v) is 4.67. The fourth-order valence-corrected chi connectivity index (χ4v) is 1.14. The Labute approximate surface area is 76.4 Å². The molecule has 2 heteroatoms. The van der Waals surface area contributed by atoms with Crippen LogP contribution < -0.4 is 10.6 Å². The van der Waals surface area contributed by atoms with E-state index in [-0.39, 0.29) is 5.66 Å². The molecular formula is C10H22N2. The Morgan fingerprint density at radius 1 is 1.25 bits per heavy atom. The van der Waals surface area contributed by atoms with E-state index >= 15 is 0 Å². The first-order chi connectivity index (χ1) is 5.68. The van der Waals surface area contributed by atoms with Gasteiger partial charge in [-0.15, -0.1) is 6.58 Å². The van der Waals surface area contributed by atoms with E-state index < -0.39 is 0 Å². The van der Waals surface area contributed by atoms with Gasteiger partial charge in [-0.25, -0.2) is 0 Å². The highest BCUT2D eigenvalue weighted by molar-refractivity contribution is 4.77. The second-order valence-corrected chi connectivity index (χ2v) is 3.37. The molecule has 0 aromatic heterocycles. The molecule has 0 aromatic carbocycles. The van der Waals surface area contributed by atoms with Gasteiger partial charge >= 0.3 is 0 Å². The molecule has 0 fully saturated rings. The molecular weight excluding hydrogens is 148 g/mol. The number of hydrogen-bond donors (Lipinski definition) is 2. The van der Waals surface area contributed by atoms with E-state index in [0.717, 1.165) is 12.8 Å². The molecule has 0 spiro atoms. The molecule has 0 aliphatic rings. The van der Waals surface area contributed by atoms with Crippen molar-refractivity contribution >= 4 is 0 Å². The van der Waals surface area contributed by atoms with Crippen LogP contribution in [0.15, 0.2) is 12.7 Å². The van der Waals surface area contributed by atoms with Crippen LogP contribution in [0, 0.1) is 0 Å². The molecule has 72 valence electrons.